The molecule has 0 heterocycles. The lowest BCUT2D eigenvalue weighted by atomic mass is 10.00. The van der Waals surface area contributed by atoms with E-state index in [1.807, 2.05) is 13.0 Å². The van der Waals surface area contributed by atoms with Crippen LogP contribution >= 0.6 is 0 Å². The minimum Gasteiger partial charge on any atom is -0.329 e. The topological polar surface area (TPSA) is 29.3 Å². The zero-order valence-electron chi connectivity index (χ0n) is 10.3. The van der Waals surface area contributed by atoms with Crippen molar-refractivity contribution in [3.8, 4) is 0 Å². The lowest BCUT2D eigenvalue weighted by molar-refractivity contribution is 0.250. The van der Waals surface area contributed by atoms with Crippen LogP contribution in [-0.4, -0.2) is 25.0 Å². The minimum absolute atomic E-state index is 0.181. The van der Waals surface area contributed by atoms with E-state index in [9.17, 15) is 4.39 Å². The fraction of sp³-hybridized carbons (Fsp3) is 0.538. The molecule has 0 aliphatic carbocycles. The second-order valence-electron chi connectivity index (χ2n) is 4.23. The van der Waals surface area contributed by atoms with Gasteiger partial charge >= 0.3 is 0 Å². The van der Waals surface area contributed by atoms with Gasteiger partial charge in [0, 0.05) is 12.6 Å². The summed E-state index contributed by atoms with van der Waals surface area (Å²) in [6, 6.07) is 5.09. The molecule has 16 heavy (non-hydrogen) atoms. The summed E-state index contributed by atoms with van der Waals surface area (Å²) in [5.74, 6) is -0.185. The highest BCUT2D eigenvalue weighted by molar-refractivity contribution is 5.29. The average Bonchev–Trinajstić information content (AvgIpc) is 2.22. The lowest BCUT2D eigenvalue weighted by Gasteiger charge is -2.28. The average molecular weight is 224 g/mol. The Morgan fingerprint density at radius 1 is 1.44 bits per heavy atom. The quantitative estimate of drug-likeness (QED) is 0.832. The summed E-state index contributed by atoms with van der Waals surface area (Å²) in [6.07, 6.45) is 1.09. The molecule has 1 atom stereocenters. The maximum Gasteiger partial charge on any atom is 0.123 e. The summed E-state index contributed by atoms with van der Waals surface area (Å²) < 4.78 is 13.0. The van der Waals surface area contributed by atoms with Crippen molar-refractivity contribution < 1.29 is 4.39 Å². The van der Waals surface area contributed by atoms with Gasteiger partial charge in [0.2, 0.25) is 0 Å². The van der Waals surface area contributed by atoms with Gasteiger partial charge in [-0.1, -0.05) is 13.0 Å². The van der Waals surface area contributed by atoms with E-state index in [1.54, 1.807) is 6.07 Å². The predicted molar refractivity (Wildman–Crippen MR) is 65.9 cm³/mol. The molecule has 0 amide bonds. The van der Waals surface area contributed by atoms with E-state index >= 15 is 0 Å². The Morgan fingerprint density at radius 3 is 2.62 bits per heavy atom. The Kier molecular flexibility index (Phi) is 4.90. The predicted octanol–water partition coefficient (Wildman–Crippen LogP) is 2.48. The van der Waals surface area contributed by atoms with Gasteiger partial charge in [-0.05, 0) is 50.2 Å². The van der Waals surface area contributed by atoms with E-state index in [0.717, 1.165) is 24.1 Å². The third kappa shape index (κ3) is 3.03. The summed E-state index contributed by atoms with van der Waals surface area (Å²) in [5, 5.41) is 0. The van der Waals surface area contributed by atoms with Gasteiger partial charge in [-0.25, -0.2) is 4.39 Å². The molecule has 0 spiro atoms. The Morgan fingerprint density at radius 2 is 2.12 bits per heavy atom. The number of nitrogens with two attached hydrogens (primary N) is 1. The number of hydrogen-bond donors (Lipinski definition) is 1. The molecule has 1 unspecified atom stereocenters. The number of halogens is 1. The smallest absolute Gasteiger partial charge is 0.123 e. The molecule has 2 nitrogen and oxygen atoms in total. The Labute approximate surface area is 97.3 Å². The van der Waals surface area contributed by atoms with Crippen molar-refractivity contribution in [1.29, 1.82) is 0 Å². The third-order valence-corrected chi connectivity index (χ3v) is 2.92. The molecule has 0 saturated heterocycles. The van der Waals surface area contributed by atoms with Crippen molar-refractivity contribution in [2.45, 2.75) is 26.3 Å². The maximum atomic E-state index is 13.0. The highest BCUT2D eigenvalue weighted by Gasteiger charge is 2.16. The van der Waals surface area contributed by atoms with Crippen molar-refractivity contribution in [3.63, 3.8) is 0 Å². The van der Waals surface area contributed by atoms with Crippen molar-refractivity contribution in [2.75, 3.05) is 20.1 Å². The molecular formula is C13H21FN2. The van der Waals surface area contributed by atoms with E-state index in [4.69, 9.17) is 5.73 Å². The summed E-state index contributed by atoms with van der Waals surface area (Å²) in [5.41, 5.74) is 7.90. The fourth-order valence-corrected chi connectivity index (χ4v) is 2.07. The van der Waals surface area contributed by atoms with Crippen LogP contribution in [0.15, 0.2) is 18.2 Å². The second kappa shape index (κ2) is 5.97. The first-order valence-electron chi connectivity index (χ1n) is 5.76. The van der Waals surface area contributed by atoms with E-state index < -0.39 is 0 Å². The largest absolute Gasteiger partial charge is 0.329 e. The first-order chi connectivity index (χ1) is 7.60. The number of likely N-dealkylation sites (N-methyl/N-ethyl adjacent to an activating group) is 1. The van der Waals surface area contributed by atoms with E-state index in [1.165, 1.54) is 6.07 Å². The number of aryl methyl sites for hydroxylation is 1. The van der Waals surface area contributed by atoms with Gasteiger partial charge in [0.15, 0.2) is 0 Å². The van der Waals surface area contributed by atoms with Crippen molar-refractivity contribution in [2.24, 2.45) is 5.73 Å². The first kappa shape index (κ1) is 13.1. The van der Waals surface area contributed by atoms with Crippen LogP contribution in [0.3, 0.4) is 0 Å². The van der Waals surface area contributed by atoms with Crippen LogP contribution in [0.4, 0.5) is 4.39 Å². The maximum absolute atomic E-state index is 13.0. The van der Waals surface area contributed by atoms with Gasteiger partial charge in [-0.15, -0.1) is 0 Å². The zero-order chi connectivity index (χ0) is 12.1. The van der Waals surface area contributed by atoms with Crippen molar-refractivity contribution >= 4 is 0 Å². The van der Waals surface area contributed by atoms with Crippen LogP contribution in [0, 0.1) is 12.7 Å². The Balaban J connectivity index is 2.94. The molecule has 1 rings (SSSR count). The highest BCUT2D eigenvalue weighted by Crippen LogP contribution is 2.22. The number of benzene rings is 1. The summed E-state index contributed by atoms with van der Waals surface area (Å²) in [7, 11) is 2.06. The molecule has 2 N–H and O–H groups in total. The van der Waals surface area contributed by atoms with E-state index in [0.29, 0.717) is 6.54 Å². The van der Waals surface area contributed by atoms with Crippen LogP contribution in [0.5, 0.6) is 0 Å². The second-order valence-corrected chi connectivity index (χ2v) is 4.23. The lowest BCUT2D eigenvalue weighted by Crippen LogP contribution is -2.31. The van der Waals surface area contributed by atoms with E-state index in [-0.39, 0.29) is 11.9 Å². The Hall–Kier alpha value is -0.930. The van der Waals surface area contributed by atoms with E-state index in [2.05, 4.69) is 18.9 Å². The van der Waals surface area contributed by atoms with Crippen LogP contribution in [0.1, 0.15) is 30.5 Å². The normalized spacial score (nSPS) is 13.1. The SMILES string of the molecule is CCCN(C)C(CN)c1ccc(F)cc1C. The van der Waals surface area contributed by atoms with Gasteiger partial charge in [0.05, 0.1) is 0 Å². The molecule has 1 aromatic carbocycles. The molecule has 1 aromatic rings. The van der Waals surface area contributed by atoms with Crippen molar-refractivity contribution in [3.05, 3.63) is 35.1 Å². The Bertz CT molecular complexity index is 339. The van der Waals surface area contributed by atoms with Gasteiger partial charge < -0.3 is 5.73 Å². The summed E-state index contributed by atoms with van der Waals surface area (Å²) in [6.45, 7) is 5.63. The molecule has 0 saturated carbocycles. The highest BCUT2D eigenvalue weighted by atomic mass is 19.1. The zero-order valence-corrected chi connectivity index (χ0v) is 10.3. The number of rotatable bonds is 5. The molecule has 0 aliphatic rings. The minimum atomic E-state index is -0.185. The van der Waals surface area contributed by atoms with Crippen LogP contribution in [0.25, 0.3) is 0 Å². The van der Waals surface area contributed by atoms with Crippen LogP contribution in [0.2, 0.25) is 0 Å². The number of hydrogen-bond acceptors (Lipinski definition) is 2. The molecule has 3 heteroatoms. The van der Waals surface area contributed by atoms with Gasteiger partial charge in [0.1, 0.15) is 5.82 Å². The summed E-state index contributed by atoms with van der Waals surface area (Å²) >= 11 is 0. The third-order valence-electron chi connectivity index (χ3n) is 2.92. The monoisotopic (exact) mass is 224 g/mol. The molecule has 0 aromatic heterocycles. The number of nitrogens with zero attached hydrogens (tertiary/aromatic N) is 1. The van der Waals surface area contributed by atoms with Gasteiger partial charge in [0.25, 0.3) is 0 Å². The molecular weight excluding hydrogens is 203 g/mol. The summed E-state index contributed by atoms with van der Waals surface area (Å²) in [4.78, 5) is 2.22. The van der Waals surface area contributed by atoms with Gasteiger partial charge in [-0.3, -0.25) is 4.90 Å². The molecule has 0 bridgehead atoms. The standard InChI is InChI=1S/C13H21FN2/c1-4-7-16(3)13(9-15)12-6-5-11(14)8-10(12)2/h5-6,8,13H,4,7,9,15H2,1-3H3. The van der Waals surface area contributed by atoms with Crippen LogP contribution in [-0.2, 0) is 0 Å². The first-order valence-corrected chi connectivity index (χ1v) is 5.76. The van der Waals surface area contributed by atoms with Gasteiger partial charge in [-0.2, -0.15) is 0 Å². The molecule has 0 aliphatic heterocycles. The molecule has 0 fully saturated rings. The fourth-order valence-electron chi connectivity index (χ4n) is 2.07. The molecule has 90 valence electrons. The molecule has 0 radical (unpaired) electrons. The van der Waals surface area contributed by atoms with Crippen molar-refractivity contribution in [1.82, 2.24) is 4.90 Å². The van der Waals surface area contributed by atoms with Crippen LogP contribution < -0.4 is 5.73 Å².